The Balaban J connectivity index is 1.41. The van der Waals surface area contributed by atoms with Gasteiger partial charge >= 0.3 is 0 Å². The van der Waals surface area contributed by atoms with E-state index >= 15 is 0 Å². The molecule has 2 saturated carbocycles. The summed E-state index contributed by atoms with van der Waals surface area (Å²) in [6, 6.07) is 17.4. The summed E-state index contributed by atoms with van der Waals surface area (Å²) in [4.78, 5) is 12.6. The van der Waals surface area contributed by atoms with Crippen molar-refractivity contribution >= 4 is 5.91 Å². The third kappa shape index (κ3) is 3.20. The molecule has 0 spiro atoms. The molecular formula is C22H24FNO. The lowest BCUT2D eigenvalue weighted by atomic mass is 9.79. The summed E-state index contributed by atoms with van der Waals surface area (Å²) in [5, 5.41) is 3.18. The minimum atomic E-state index is -0.195. The van der Waals surface area contributed by atoms with Crippen LogP contribution in [0.1, 0.15) is 49.1 Å². The van der Waals surface area contributed by atoms with Crippen LogP contribution in [0.4, 0.5) is 4.39 Å². The van der Waals surface area contributed by atoms with Crippen LogP contribution in [0.25, 0.3) is 0 Å². The molecule has 2 aromatic carbocycles. The van der Waals surface area contributed by atoms with Crippen molar-refractivity contribution < 1.29 is 9.18 Å². The van der Waals surface area contributed by atoms with Crippen LogP contribution in [-0.4, -0.2) is 12.5 Å². The Morgan fingerprint density at radius 3 is 2.44 bits per heavy atom. The van der Waals surface area contributed by atoms with Crippen LogP contribution < -0.4 is 5.32 Å². The van der Waals surface area contributed by atoms with E-state index in [4.69, 9.17) is 0 Å². The van der Waals surface area contributed by atoms with Gasteiger partial charge in [-0.25, -0.2) is 4.39 Å². The van der Waals surface area contributed by atoms with Crippen LogP contribution in [0.5, 0.6) is 0 Å². The maximum absolute atomic E-state index is 13.9. The maximum atomic E-state index is 13.9. The van der Waals surface area contributed by atoms with Crippen LogP contribution in [0.2, 0.25) is 0 Å². The second-order valence-electron chi connectivity index (χ2n) is 7.54. The van der Waals surface area contributed by atoms with Gasteiger partial charge in [0, 0.05) is 17.9 Å². The Morgan fingerprint density at radius 2 is 1.72 bits per heavy atom. The Labute approximate surface area is 148 Å². The van der Waals surface area contributed by atoms with Gasteiger partial charge in [0.15, 0.2) is 0 Å². The fourth-order valence-electron chi connectivity index (χ4n) is 4.40. The molecule has 0 heterocycles. The first-order valence-electron chi connectivity index (χ1n) is 9.27. The van der Waals surface area contributed by atoms with Crippen LogP contribution in [0, 0.1) is 11.7 Å². The van der Waals surface area contributed by atoms with Gasteiger partial charge in [-0.05, 0) is 42.4 Å². The number of nitrogens with one attached hydrogen (secondary N) is 1. The highest BCUT2D eigenvalue weighted by molar-refractivity contribution is 5.83. The van der Waals surface area contributed by atoms with E-state index in [9.17, 15) is 9.18 Å². The molecule has 1 amide bonds. The normalized spacial score (nSPS) is 24.0. The lowest BCUT2D eigenvalue weighted by Crippen LogP contribution is -2.39. The van der Waals surface area contributed by atoms with Gasteiger partial charge in [0.1, 0.15) is 5.82 Å². The van der Waals surface area contributed by atoms with Gasteiger partial charge in [-0.3, -0.25) is 4.79 Å². The molecule has 25 heavy (non-hydrogen) atoms. The molecule has 4 rings (SSSR count). The van der Waals surface area contributed by atoms with Crippen LogP contribution in [0.15, 0.2) is 54.6 Å². The highest BCUT2D eigenvalue weighted by atomic mass is 19.1. The monoisotopic (exact) mass is 337 g/mol. The van der Waals surface area contributed by atoms with Crippen LogP contribution in [0.3, 0.4) is 0 Å². The molecule has 0 aromatic heterocycles. The summed E-state index contributed by atoms with van der Waals surface area (Å²) in [6.45, 7) is 0.691. The smallest absolute Gasteiger partial charge is 0.223 e. The summed E-state index contributed by atoms with van der Waals surface area (Å²) < 4.78 is 13.9. The fraction of sp³-hybridized carbons (Fsp3) is 0.409. The lowest BCUT2D eigenvalue weighted by molar-refractivity contribution is -0.122. The van der Waals surface area contributed by atoms with Gasteiger partial charge in [0.2, 0.25) is 5.91 Å². The highest BCUT2D eigenvalue weighted by Crippen LogP contribution is 2.48. The first-order chi connectivity index (χ1) is 12.2. The SMILES string of the molecule is O=C(NCC1(c2ccccc2)CCCC1)C1CC1c1ccccc1F. The zero-order valence-corrected chi connectivity index (χ0v) is 14.4. The minimum absolute atomic E-state index is 0.0393. The maximum Gasteiger partial charge on any atom is 0.223 e. The predicted octanol–water partition coefficient (Wildman–Crippen LogP) is 4.56. The molecule has 2 atom stereocenters. The molecule has 2 nitrogen and oxygen atoms in total. The molecule has 130 valence electrons. The first-order valence-corrected chi connectivity index (χ1v) is 9.27. The quantitative estimate of drug-likeness (QED) is 0.851. The van der Waals surface area contributed by atoms with E-state index in [2.05, 4.69) is 29.6 Å². The minimum Gasteiger partial charge on any atom is -0.355 e. The standard InChI is InChI=1S/C22H24FNO/c23-20-11-5-4-10-17(20)18-14-19(18)21(25)24-15-22(12-6-7-13-22)16-8-2-1-3-9-16/h1-5,8-11,18-19H,6-7,12-15H2,(H,24,25). The summed E-state index contributed by atoms with van der Waals surface area (Å²) >= 11 is 0. The van der Waals surface area contributed by atoms with Gasteiger partial charge in [-0.1, -0.05) is 61.4 Å². The molecule has 1 N–H and O–H groups in total. The number of halogens is 1. The van der Waals surface area contributed by atoms with Crippen molar-refractivity contribution in [2.45, 2.75) is 43.4 Å². The number of benzene rings is 2. The summed E-state index contributed by atoms with van der Waals surface area (Å²) in [6.07, 6.45) is 5.43. The number of carbonyl (C=O) groups excluding carboxylic acids is 1. The van der Waals surface area contributed by atoms with E-state index in [0.29, 0.717) is 12.1 Å². The predicted molar refractivity (Wildman–Crippen MR) is 96.8 cm³/mol. The average Bonchev–Trinajstić information content (AvgIpc) is 3.30. The van der Waals surface area contributed by atoms with Gasteiger partial charge in [0.05, 0.1) is 0 Å². The van der Waals surface area contributed by atoms with Gasteiger partial charge < -0.3 is 5.32 Å². The van der Waals surface area contributed by atoms with Crippen molar-refractivity contribution in [1.29, 1.82) is 0 Å². The molecule has 0 radical (unpaired) electrons. The Kier molecular flexibility index (Phi) is 4.32. The van der Waals surface area contributed by atoms with E-state index in [-0.39, 0.29) is 29.0 Å². The van der Waals surface area contributed by atoms with E-state index in [1.807, 2.05) is 12.1 Å². The largest absolute Gasteiger partial charge is 0.355 e. The average molecular weight is 337 g/mol. The molecule has 2 aliphatic rings. The van der Waals surface area contributed by atoms with E-state index < -0.39 is 0 Å². The molecule has 0 aliphatic heterocycles. The first kappa shape index (κ1) is 16.3. The fourth-order valence-corrected chi connectivity index (χ4v) is 4.40. The summed E-state index contributed by atoms with van der Waals surface area (Å²) in [5.41, 5.74) is 2.08. The van der Waals surface area contributed by atoms with E-state index in [0.717, 1.165) is 19.3 Å². The Morgan fingerprint density at radius 1 is 1.04 bits per heavy atom. The topological polar surface area (TPSA) is 29.1 Å². The summed E-state index contributed by atoms with van der Waals surface area (Å²) in [7, 11) is 0. The van der Waals surface area contributed by atoms with E-state index in [1.165, 1.54) is 24.5 Å². The zero-order chi connectivity index (χ0) is 17.3. The van der Waals surface area contributed by atoms with E-state index in [1.54, 1.807) is 12.1 Å². The number of rotatable bonds is 5. The van der Waals surface area contributed by atoms with Gasteiger partial charge in [0.25, 0.3) is 0 Å². The second kappa shape index (κ2) is 6.62. The lowest BCUT2D eigenvalue weighted by Gasteiger charge is -2.30. The van der Waals surface area contributed by atoms with Crippen LogP contribution in [-0.2, 0) is 10.2 Å². The third-order valence-corrected chi connectivity index (χ3v) is 5.98. The molecule has 2 fully saturated rings. The zero-order valence-electron chi connectivity index (χ0n) is 14.4. The molecule has 2 unspecified atom stereocenters. The molecule has 0 bridgehead atoms. The molecular weight excluding hydrogens is 313 g/mol. The third-order valence-electron chi connectivity index (χ3n) is 5.98. The number of amides is 1. The molecule has 3 heteroatoms. The van der Waals surface area contributed by atoms with Crippen molar-refractivity contribution in [2.24, 2.45) is 5.92 Å². The van der Waals surface area contributed by atoms with Crippen LogP contribution >= 0.6 is 0 Å². The Bertz CT molecular complexity index is 752. The molecule has 2 aliphatic carbocycles. The van der Waals surface area contributed by atoms with Gasteiger partial charge in [-0.2, -0.15) is 0 Å². The number of carbonyl (C=O) groups is 1. The number of hydrogen-bond acceptors (Lipinski definition) is 1. The molecule has 2 aromatic rings. The second-order valence-corrected chi connectivity index (χ2v) is 7.54. The van der Waals surface area contributed by atoms with Crippen molar-refractivity contribution in [3.05, 3.63) is 71.5 Å². The van der Waals surface area contributed by atoms with Crippen molar-refractivity contribution in [3.8, 4) is 0 Å². The van der Waals surface area contributed by atoms with Gasteiger partial charge in [-0.15, -0.1) is 0 Å². The summed E-state index contributed by atoms with van der Waals surface area (Å²) in [5.74, 6) is -0.154. The molecule has 0 saturated heterocycles. The Hall–Kier alpha value is -2.16. The highest BCUT2D eigenvalue weighted by Gasteiger charge is 2.46. The number of hydrogen-bond donors (Lipinski definition) is 1. The van der Waals surface area contributed by atoms with Crippen molar-refractivity contribution in [1.82, 2.24) is 5.32 Å². The van der Waals surface area contributed by atoms with Crippen molar-refractivity contribution in [2.75, 3.05) is 6.54 Å². The van der Waals surface area contributed by atoms with Crippen molar-refractivity contribution in [3.63, 3.8) is 0 Å².